The van der Waals surface area contributed by atoms with Crippen LogP contribution in [0.15, 0.2) is 18.2 Å². The van der Waals surface area contributed by atoms with Gasteiger partial charge in [-0.05, 0) is 12.1 Å². The van der Waals surface area contributed by atoms with E-state index in [1.807, 2.05) is 0 Å². The van der Waals surface area contributed by atoms with E-state index >= 15 is 0 Å². The molecule has 1 aliphatic rings. The van der Waals surface area contributed by atoms with E-state index in [1.54, 1.807) is 0 Å². The van der Waals surface area contributed by atoms with Gasteiger partial charge in [-0.2, -0.15) is 0 Å². The molecule has 0 aromatic heterocycles. The summed E-state index contributed by atoms with van der Waals surface area (Å²) in [7, 11) is 0. The number of anilines is 1. The zero-order chi connectivity index (χ0) is 16.5. The standard InChI is InChI=1S/C12H10ClF5N2O2/c13-20(11(21)7-4-6(14)5-19-7)8-2-1-3-9(10(8)15)22-12(16,17)18/h1-3,6-7,19H,4-5H2/t6-,7+/m1/s1. The molecule has 22 heavy (non-hydrogen) atoms. The summed E-state index contributed by atoms with van der Waals surface area (Å²) in [5.41, 5.74) is -0.613. The Balaban J connectivity index is 2.21. The highest BCUT2D eigenvalue weighted by molar-refractivity contribution is 6.37. The maximum absolute atomic E-state index is 14.0. The molecule has 4 nitrogen and oxygen atoms in total. The average Bonchev–Trinajstić information content (AvgIpc) is 2.85. The zero-order valence-corrected chi connectivity index (χ0v) is 11.6. The molecule has 1 saturated heterocycles. The molecule has 2 rings (SSSR count). The smallest absolute Gasteiger partial charge is 0.403 e. The van der Waals surface area contributed by atoms with Crippen LogP contribution in [0.25, 0.3) is 0 Å². The fraction of sp³-hybridized carbons (Fsp3) is 0.417. The molecule has 1 heterocycles. The minimum Gasteiger partial charge on any atom is -0.403 e. The van der Waals surface area contributed by atoms with Crippen molar-refractivity contribution in [3.8, 4) is 5.75 Å². The molecule has 1 aliphatic heterocycles. The van der Waals surface area contributed by atoms with Gasteiger partial charge in [0.2, 0.25) is 0 Å². The van der Waals surface area contributed by atoms with Gasteiger partial charge in [0.1, 0.15) is 11.9 Å². The van der Waals surface area contributed by atoms with E-state index in [0.717, 1.165) is 18.2 Å². The highest BCUT2D eigenvalue weighted by Gasteiger charge is 2.36. The monoisotopic (exact) mass is 344 g/mol. The summed E-state index contributed by atoms with van der Waals surface area (Å²) in [6.45, 7) is -0.0547. The van der Waals surface area contributed by atoms with Gasteiger partial charge in [-0.1, -0.05) is 6.07 Å². The number of carbonyl (C=O) groups excluding carboxylic acids is 1. The van der Waals surface area contributed by atoms with Crippen molar-refractivity contribution in [1.29, 1.82) is 0 Å². The third-order valence-electron chi connectivity index (χ3n) is 2.95. The third kappa shape index (κ3) is 3.77. The third-order valence-corrected chi connectivity index (χ3v) is 3.30. The van der Waals surface area contributed by atoms with Crippen LogP contribution >= 0.6 is 11.8 Å². The van der Waals surface area contributed by atoms with Crippen LogP contribution in [0.1, 0.15) is 6.42 Å². The van der Waals surface area contributed by atoms with Crippen LogP contribution in [0.3, 0.4) is 0 Å². The van der Waals surface area contributed by atoms with Crippen LogP contribution in [0, 0.1) is 5.82 Å². The topological polar surface area (TPSA) is 41.6 Å². The highest BCUT2D eigenvalue weighted by Crippen LogP contribution is 2.33. The molecule has 1 amide bonds. The van der Waals surface area contributed by atoms with E-state index in [-0.39, 0.29) is 13.0 Å². The van der Waals surface area contributed by atoms with Gasteiger partial charge < -0.3 is 10.1 Å². The predicted octanol–water partition coefficient (Wildman–Crippen LogP) is 2.91. The molecule has 0 unspecified atom stereocenters. The number of carbonyl (C=O) groups is 1. The average molecular weight is 345 g/mol. The second-order valence-electron chi connectivity index (χ2n) is 4.55. The summed E-state index contributed by atoms with van der Waals surface area (Å²) < 4.78 is 67.3. The number of alkyl halides is 4. The molecular weight excluding hydrogens is 335 g/mol. The molecule has 0 saturated carbocycles. The lowest BCUT2D eigenvalue weighted by molar-refractivity contribution is -0.275. The molecule has 1 aromatic carbocycles. The number of rotatable bonds is 3. The SMILES string of the molecule is O=C([C@@H]1C[C@@H](F)CN1)N(Cl)c1cccc(OC(F)(F)F)c1F. The van der Waals surface area contributed by atoms with E-state index < -0.39 is 41.7 Å². The van der Waals surface area contributed by atoms with Crippen molar-refractivity contribution in [2.45, 2.75) is 25.0 Å². The summed E-state index contributed by atoms with van der Waals surface area (Å²) in [5, 5.41) is 2.54. The van der Waals surface area contributed by atoms with Gasteiger partial charge in [0.25, 0.3) is 5.91 Å². The van der Waals surface area contributed by atoms with Crippen LogP contribution in [-0.2, 0) is 4.79 Å². The maximum atomic E-state index is 14.0. The summed E-state index contributed by atoms with van der Waals surface area (Å²) in [5.74, 6) is -3.44. The Morgan fingerprint density at radius 1 is 1.41 bits per heavy atom. The van der Waals surface area contributed by atoms with Crippen LogP contribution in [0.4, 0.5) is 27.6 Å². The number of benzene rings is 1. The Bertz CT molecular complexity index is 569. The van der Waals surface area contributed by atoms with E-state index in [1.165, 1.54) is 0 Å². The summed E-state index contributed by atoms with van der Waals surface area (Å²) >= 11 is 5.68. The van der Waals surface area contributed by atoms with E-state index in [2.05, 4.69) is 10.1 Å². The fourth-order valence-corrected chi connectivity index (χ4v) is 2.24. The van der Waals surface area contributed by atoms with Gasteiger partial charge in [0, 0.05) is 24.7 Å². The lowest BCUT2D eigenvalue weighted by Gasteiger charge is -2.20. The molecule has 1 fully saturated rings. The Hall–Kier alpha value is -1.61. The van der Waals surface area contributed by atoms with Crippen LogP contribution in [0.5, 0.6) is 5.75 Å². The first-order valence-electron chi connectivity index (χ1n) is 6.10. The number of nitrogens with zero attached hydrogens (tertiary/aromatic N) is 1. The van der Waals surface area contributed by atoms with E-state index in [4.69, 9.17) is 11.8 Å². The fourth-order valence-electron chi connectivity index (χ4n) is 1.99. The van der Waals surface area contributed by atoms with Gasteiger partial charge in [-0.3, -0.25) is 4.79 Å². The Morgan fingerprint density at radius 2 is 2.09 bits per heavy atom. The van der Waals surface area contributed by atoms with Gasteiger partial charge in [0.15, 0.2) is 11.6 Å². The first kappa shape index (κ1) is 16.8. The van der Waals surface area contributed by atoms with E-state index in [9.17, 15) is 26.7 Å². The molecular formula is C12H10ClF5N2O2. The zero-order valence-electron chi connectivity index (χ0n) is 10.8. The minimum absolute atomic E-state index is 0.0547. The summed E-state index contributed by atoms with van der Waals surface area (Å²) in [6, 6.07) is 1.82. The highest BCUT2D eigenvalue weighted by atomic mass is 35.5. The largest absolute Gasteiger partial charge is 0.573 e. The molecule has 1 aromatic rings. The predicted molar refractivity (Wildman–Crippen MR) is 67.7 cm³/mol. The molecule has 0 aliphatic carbocycles. The molecule has 2 atom stereocenters. The van der Waals surface area contributed by atoms with Crippen molar-refractivity contribution in [3.63, 3.8) is 0 Å². The first-order valence-corrected chi connectivity index (χ1v) is 6.44. The van der Waals surface area contributed by atoms with Crippen molar-refractivity contribution in [1.82, 2.24) is 5.32 Å². The van der Waals surface area contributed by atoms with Crippen molar-refractivity contribution >= 4 is 23.4 Å². The second kappa shape index (κ2) is 6.25. The van der Waals surface area contributed by atoms with E-state index in [0.29, 0.717) is 4.42 Å². The molecule has 1 N–H and O–H groups in total. The number of hydrogen-bond acceptors (Lipinski definition) is 3. The number of hydrogen-bond donors (Lipinski definition) is 1. The van der Waals surface area contributed by atoms with Crippen LogP contribution in [-0.4, -0.2) is 31.0 Å². The molecule has 10 heteroatoms. The first-order chi connectivity index (χ1) is 10.2. The number of halogens is 6. The van der Waals surface area contributed by atoms with Gasteiger partial charge in [-0.15, -0.1) is 13.2 Å². The molecule has 122 valence electrons. The van der Waals surface area contributed by atoms with Crippen molar-refractivity contribution in [3.05, 3.63) is 24.0 Å². The Kier molecular flexibility index (Phi) is 4.76. The number of nitrogens with one attached hydrogen (secondary N) is 1. The quantitative estimate of drug-likeness (QED) is 0.677. The van der Waals surface area contributed by atoms with Gasteiger partial charge in [0.05, 0.1) is 6.04 Å². The van der Waals surface area contributed by atoms with Crippen LogP contribution < -0.4 is 14.5 Å². The van der Waals surface area contributed by atoms with Crippen LogP contribution in [0.2, 0.25) is 0 Å². The van der Waals surface area contributed by atoms with Gasteiger partial charge in [-0.25, -0.2) is 13.2 Å². The second-order valence-corrected chi connectivity index (χ2v) is 4.89. The minimum atomic E-state index is -5.09. The van der Waals surface area contributed by atoms with Crippen molar-refractivity contribution < 1.29 is 31.5 Å². The Morgan fingerprint density at radius 3 is 2.64 bits per heavy atom. The number of amides is 1. The Labute approximate surface area is 126 Å². The lowest BCUT2D eigenvalue weighted by atomic mass is 10.2. The molecule has 0 radical (unpaired) electrons. The van der Waals surface area contributed by atoms with Crippen molar-refractivity contribution in [2.75, 3.05) is 11.0 Å². The van der Waals surface area contributed by atoms with Gasteiger partial charge >= 0.3 is 6.36 Å². The van der Waals surface area contributed by atoms with Crippen molar-refractivity contribution in [2.24, 2.45) is 0 Å². The summed E-state index contributed by atoms with van der Waals surface area (Å²) in [4.78, 5) is 12.0. The molecule has 0 spiro atoms. The number of ether oxygens (including phenoxy) is 1. The maximum Gasteiger partial charge on any atom is 0.573 e. The summed E-state index contributed by atoms with van der Waals surface area (Å²) in [6.07, 6.45) is -6.49. The lowest BCUT2D eigenvalue weighted by Crippen LogP contribution is -2.39. The normalized spacial score (nSPS) is 21.7. The molecule has 0 bridgehead atoms.